The van der Waals surface area contributed by atoms with Crippen LogP contribution in [0.1, 0.15) is 43.7 Å². The molecule has 0 saturated heterocycles. The zero-order valence-corrected chi connectivity index (χ0v) is 15.6. The lowest BCUT2D eigenvalue weighted by Crippen LogP contribution is -2.35. The maximum Gasteiger partial charge on any atom is 0.322 e. The van der Waals surface area contributed by atoms with Crippen LogP contribution in [0.15, 0.2) is 57.6 Å². The summed E-state index contributed by atoms with van der Waals surface area (Å²) in [5.74, 6) is 1.02. The average Bonchev–Trinajstić information content (AvgIpc) is 3.42. The van der Waals surface area contributed by atoms with Crippen molar-refractivity contribution in [3.63, 3.8) is 0 Å². The maximum atomic E-state index is 12.4. The van der Waals surface area contributed by atoms with Crippen LogP contribution in [0.5, 0.6) is 0 Å². The number of amides is 1. The molecule has 1 aromatic carbocycles. The third-order valence-corrected chi connectivity index (χ3v) is 5.17. The number of anilines is 1. The molecular weight excluding hydrogens is 356 g/mol. The number of furan rings is 1. The summed E-state index contributed by atoms with van der Waals surface area (Å²) in [5, 5.41) is 13.8. The Hall–Kier alpha value is -2.93. The third-order valence-electron chi connectivity index (χ3n) is 5.17. The Kier molecular flexibility index (Phi) is 5.82. The second kappa shape index (κ2) is 8.84. The second-order valence-corrected chi connectivity index (χ2v) is 7.11. The standard InChI is InChI=1S/C21H24N4O3/c26-18(23-21-25-24-20(28-21)17-12-7-13-27-17)14-22-19(15-8-3-1-4-9-15)16-10-5-2-6-11-16/h1,3-4,7-9,12-13,16,19,22H,2,5-6,10-11,14H2,(H,23,25,26)/t19-/m1/s1. The van der Waals surface area contributed by atoms with Gasteiger partial charge in [-0.1, -0.05) is 54.7 Å². The van der Waals surface area contributed by atoms with Crippen molar-refractivity contribution in [2.75, 3.05) is 11.9 Å². The predicted molar refractivity (Wildman–Crippen MR) is 104 cm³/mol. The van der Waals surface area contributed by atoms with Crippen molar-refractivity contribution < 1.29 is 13.6 Å². The molecule has 0 bridgehead atoms. The van der Waals surface area contributed by atoms with Crippen molar-refractivity contribution in [2.24, 2.45) is 5.92 Å². The van der Waals surface area contributed by atoms with Crippen molar-refractivity contribution in [2.45, 2.75) is 38.1 Å². The molecule has 1 amide bonds. The van der Waals surface area contributed by atoms with Gasteiger partial charge in [0, 0.05) is 6.04 Å². The Balaban J connectivity index is 1.37. The fourth-order valence-electron chi connectivity index (χ4n) is 3.82. The summed E-state index contributed by atoms with van der Waals surface area (Å²) in [6.07, 6.45) is 7.69. The van der Waals surface area contributed by atoms with Crippen LogP contribution >= 0.6 is 0 Å². The number of nitrogens with one attached hydrogen (secondary N) is 2. The molecule has 1 fully saturated rings. The molecule has 28 heavy (non-hydrogen) atoms. The number of nitrogens with zero attached hydrogens (tertiary/aromatic N) is 2. The highest BCUT2D eigenvalue weighted by molar-refractivity contribution is 5.90. The number of hydrogen-bond acceptors (Lipinski definition) is 6. The normalized spacial score (nSPS) is 16.0. The molecule has 0 unspecified atom stereocenters. The molecule has 1 atom stereocenters. The predicted octanol–water partition coefficient (Wildman–Crippen LogP) is 4.18. The molecule has 1 aliphatic rings. The van der Waals surface area contributed by atoms with E-state index in [1.807, 2.05) is 18.2 Å². The summed E-state index contributed by atoms with van der Waals surface area (Å²) in [6.45, 7) is 0.175. The van der Waals surface area contributed by atoms with Gasteiger partial charge in [-0.05, 0) is 36.5 Å². The molecule has 2 aromatic heterocycles. The Bertz CT molecular complexity index is 870. The highest BCUT2D eigenvalue weighted by atomic mass is 16.4. The van der Waals surface area contributed by atoms with E-state index in [1.54, 1.807) is 12.1 Å². The Morgan fingerprint density at radius 1 is 1.07 bits per heavy atom. The largest absolute Gasteiger partial charge is 0.459 e. The van der Waals surface area contributed by atoms with Gasteiger partial charge in [-0.2, -0.15) is 0 Å². The van der Waals surface area contributed by atoms with Crippen LogP contribution in [-0.4, -0.2) is 22.6 Å². The van der Waals surface area contributed by atoms with Crippen LogP contribution in [0.2, 0.25) is 0 Å². The Morgan fingerprint density at radius 2 is 1.89 bits per heavy atom. The van der Waals surface area contributed by atoms with Crippen molar-refractivity contribution >= 4 is 11.9 Å². The van der Waals surface area contributed by atoms with Gasteiger partial charge < -0.3 is 14.2 Å². The van der Waals surface area contributed by atoms with Crippen molar-refractivity contribution in [1.82, 2.24) is 15.5 Å². The molecule has 2 heterocycles. The molecule has 4 rings (SSSR count). The van der Waals surface area contributed by atoms with E-state index in [-0.39, 0.29) is 30.4 Å². The van der Waals surface area contributed by atoms with E-state index in [0.29, 0.717) is 11.7 Å². The highest BCUT2D eigenvalue weighted by Gasteiger charge is 2.25. The van der Waals surface area contributed by atoms with E-state index >= 15 is 0 Å². The minimum atomic E-state index is -0.216. The highest BCUT2D eigenvalue weighted by Crippen LogP contribution is 2.34. The number of hydrogen-bond donors (Lipinski definition) is 2. The fourth-order valence-corrected chi connectivity index (χ4v) is 3.82. The molecule has 0 spiro atoms. The van der Waals surface area contributed by atoms with E-state index in [4.69, 9.17) is 8.83 Å². The van der Waals surface area contributed by atoms with E-state index in [0.717, 1.165) is 0 Å². The molecule has 0 aliphatic heterocycles. The molecule has 7 heteroatoms. The first kappa shape index (κ1) is 18.4. The summed E-state index contributed by atoms with van der Waals surface area (Å²) >= 11 is 0. The van der Waals surface area contributed by atoms with Gasteiger partial charge in [0.15, 0.2) is 5.76 Å². The lowest BCUT2D eigenvalue weighted by atomic mass is 9.81. The van der Waals surface area contributed by atoms with Crippen LogP contribution in [0.3, 0.4) is 0 Å². The first-order valence-corrected chi connectivity index (χ1v) is 9.75. The summed E-state index contributed by atoms with van der Waals surface area (Å²) in [5.41, 5.74) is 1.22. The fraction of sp³-hybridized carbons (Fsp3) is 0.381. The second-order valence-electron chi connectivity index (χ2n) is 7.11. The Labute approximate surface area is 163 Å². The zero-order valence-electron chi connectivity index (χ0n) is 15.6. The molecule has 1 saturated carbocycles. The number of benzene rings is 1. The molecule has 146 valence electrons. The smallest absolute Gasteiger partial charge is 0.322 e. The van der Waals surface area contributed by atoms with Crippen molar-refractivity contribution in [3.8, 4) is 11.7 Å². The minimum Gasteiger partial charge on any atom is -0.459 e. The number of carbonyl (C=O) groups excluding carboxylic acids is 1. The lowest BCUT2D eigenvalue weighted by molar-refractivity contribution is -0.115. The quantitative estimate of drug-likeness (QED) is 0.639. The van der Waals surface area contributed by atoms with E-state index in [2.05, 4.69) is 33.0 Å². The van der Waals surface area contributed by atoms with Crippen LogP contribution in [-0.2, 0) is 4.79 Å². The average molecular weight is 380 g/mol. The third kappa shape index (κ3) is 4.48. The van der Waals surface area contributed by atoms with Crippen molar-refractivity contribution in [1.29, 1.82) is 0 Å². The first-order valence-electron chi connectivity index (χ1n) is 9.75. The van der Waals surface area contributed by atoms with Crippen LogP contribution in [0.4, 0.5) is 6.01 Å². The van der Waals surface area contributed by atoms with E-state index < -0.39 is 0 Å². The van der Waals surface area contributed by atoms with Crippen molar-refractivity contribution in [3.05, 3.63) is 54.3 Å². The monoisotopic (exact) mass is 380 g/mol. The molecule has 0 radical (unpaired) electrons. The van der Waals surface area contributed by atoms with Gasteiger partial charge in [-0.3, -0.25) is 10.1 Å². The molecule has 3 aromatic rings. The number of aromatic nitrogens is 2. The van der Waals surface area contributed by atoms with Crippen LogP contribution in [0.25, 0.3) is 11.7 Å². The maximum absolute atomic E-state index is 12.4. The summed E-state index contributed by atoms with van der Waals surface area (Å²) in [6, 6.07) is 14.0. The zero-order chi connectivity index (χ0) is 19.2. The summed E-state index contributed by atoms with van der Waals surface area (Å²) in [4.78, 5) is 12.4. The van der Waals surface area contributed by atoms with Crippen LogP contribution in [0, 0.1) is 5.92 Å². The minimum absolute atomic E-state index is 0.0622. The molecular formula is C21H24N4O3. The lowest BCUT2D eigenvalue weighted by Gasteiger charge is -2.31. The van der Waals surface area contributed by atoms with Gasteiger partial charge >= 0.3 is 6.01 Å². The van der Waals surface area contributed by atoms with Gasteiger partial charge in [-0.15, -0.1) is 5.10 Å². The molecule has 1 aliphatic carbocycles. The topological polar surface area (TPSA) is 93.2 Å². The molecule has 7 nitrogen and oxygen atoms in total. The van der Waals surface area contributed by atoms with Gasteiger partial charge in [0.25, 0.3) is 5.89 Å². The SMILES string of the molecule is O=C(CN[C@H](c1ccccc1)C1CCCCC1)Nc1nnc(-c2ccco2)o1. The molecule has 2 N–H and O–H groups in total. The number of rotatable bonds is 7. The Morgan fingerprint density at radius 3 is 2.64 bits per heavy atom. The number of carbonyl (C=O) groups is 1. The van der Waals surface area contributed by atoms with Crippen LogP contribution < -0.4 is 10.6 Å². The van der Waals surface area contributed by atoms with Gasteiger partial charge in [0.1, 0.15) is 0 Å². The van der Waals surface area contributed by atoms with E-state index in [1.165, 1.54) is 43.9 Å². The van der Waals surface area contributed by atoms with E-state index in [9.17, 15) is 4.79 Å². The van der Waals surface area contributed by atoms with Gasteiger partial charge in [0.05, 0.1) is 12.8 Å². The summed E-state index contributed by atoms with van der Waals surface area (Å²) < 4.78 is 10.6. The van der Waals surface area contributed by atoms with Gasteiger partial charge in [-0.25, -0.2) is 0 Å². The van der Waals surface area contributed by atoms with Gasteiger partial charge in [0.2, 0.25) is 5.91 Å². The first-order chi connectivity index (χ1) is 13.8. The summed E-state index contributed by atoms with van der Waals surface area (Å²) in [7, 11) is 0.